The Balaban J connectivity index is 0.864. The van der Waals surface area contributed by atoms with Crippen LogP contribution in [-0.2, 0) is 27.4 Å². The number of fused-ring (bicyclic) bond motifs is 1. The molecule has 280 valence electrons. The van der Waals surface area contributed by atoms with E-state index in [0.717, 1.165) is 36.1 Å². The Labute approximate surface area is 318 Å². The first kappa shape index (κ1) is 36.0. The van der Waals surface area contributed by atoms with Crippen molar-refractivity contribution in [2.75, 3.05) is 30.3 Å². The van der Waals surface area contributed by atoms with Gasteiger partial charge in [0.2, 0.25) is 11.8 Å². The van der Waals surface area contributed by atoms with Crippen LogP contribution in [0.5, 0.6) is 11.5 Å². The number of halogens is 2. The second kappa shape index (κ2) is 15.4. The number of nitrogens with one attached hydrogen (secondary N) is 2. The van der Waals surface area contributed by atoms with Gasteiger partial charge in [0.15, 0.2) is 11.6 Å². The summed E-state index contributed by atoms with van der Waals surface area (Å²) >= 11 is 1.41. The third-order valence-electron chi connectivity index (χ3n) is 9.77. The van der Waals surface area contributed by atoms with Gasteiger partial charge in [0, 0.05) is 52.9 Å². The monoisotopic (exact) mass is 762 g/mol. The molecule has 6 aromatic rings. The van der Waals surface area contributed by atoms with E-state index in [1.807, 2.05) is 36.5 Å². The Hall–Kier alpha value is -5.99. The molecule has 2 aliphatic rings. The largest absolute Gasteiger partial charge is 0.460 e. The lowest BCUT2D eigenvalue weighted by Gasteiger charge is -2.16. The van der Waals surface area contributed by atoms with Gasteiger partial charge in [-0.3, -0.25) is 24.2 Å². The van der Waals surface area contributed by atoms with Crippen LogP contribution in [0.2, 0.25) is 0 Å². The van der Waals surface area contributed by atoms with Gasteiger partial charge < -0.3 is 20.1 Å². The maximum Gasteiger partial charge on any atom is 0.338 e. The highest BCUT2D eigenvalue weighted by molar-refractivity contribution is 7.22. The molecule has 1 aliphatic heterocycles. The number of anilines is 2. The van der Waals surface area contributed by atoms with Crippen molar-refractivity contribution in [2.45, 2.75) is 38.8 Å². The molecular weight excluding hydrogens is 727 g/mol. The highest BCUT2D eigenvalue weighted by atomic mass is 32.1. The topological polar surface area (TPSA) is 128 Å². The van der Waals surface area contributed by atoms with E-state index in [1.165, 1.54) is 66.1 Å². The molecule has 0 atom stereocenters. The van der Waals surface area contributed by atoms with Crippen LogP contribution in [0.3, 0.4) is 0 Å². The Morgan fingerprint density at radius 2 is 1.58 bits per heavy atom. The second-order valence-electron chi connectivity index (χ2n) is 13.7. The van der Waals surface area contributed by atoms with Crippen molar-refractivity contribution in [3.8, 4) is 21.9 Å². The fraction of sp³-hybridized carbons (Fsp3) is 0.244. The number of hydrogen-bond acceptors (Lipinski definition) is 9. The summed E-state index contributed by atoms with van der Waals surface area (Å²) in [5.74, 6) is -2.26. The Morgan fingerprint density at radius 1 is 0.855 bits per heavy atom. The number of esters is 1. The fourth-order valence-electron chi connectivity index (χ4n) is 6.51. The third kappa shape index (κ3) is 8.10. The Bertz CT molecular complexity index is 2370. The number of carbonyl (C=O) groups is 3. The molecule has 2 fully saturated rings. The highest BCUT2D eigenvalue weighted by Crippen LogP contribution is 2.48. The summed E-state index contributed by atoms with van der Waals surface area (Å²) in [6.07, 6.45) is 8.29. The van der Waals surface area contributed by atoms with Gasteiger partial charge in [0.25, 0.3) is 0 Å². The number of hydrogen-bond donors (Lipinski definition) is 2. The normalized spacial score (nSPS) is 14.8. The minimum Gasteiger partial charge on any atom is -0.460 e. The van der Waals surface area contributed by atoms with Crippen molar-refractivity contribution in [3.05, 3.63) is 120 Å². The molecule has 2 amide bonds. The van der Waals surface area contributed by atoms with Gasteiger partial charge in [0.1, 0.15) is 23.6 Å². The number of rotatable bonds is 13. The summed E-state index contributed by atoms with van der Waals surface area (Å²) in [4.78, 5) is 46.4. The molecule has 1 aliphatic carbocycles. The molecule has 4 heterocycles. The summed E-state index contributed by atoms with van der Waals surface area (Å²) in [5, 5.41) is 9.73. The number of pyridine rings is 1. The van der Waals surface area contributed by atoms with Crippen LogP contribution >= 0.6 is 11.3 Å². The standard InChI is InChI=1S/C41H36F2N6O5S/c42-29-7-9-30(10-8-29)46-39(51)41(14-15-41)40(52)47-31-11-12-34(32(43)21-31)54-35-13-16-44-33-22-36(55-37(33)35)28-23-45-49(25-28)19-20-53-38(50)27-5-3-26(4-6-27)24-48-17-1-2-18-48/h3-13,16,21-23,25H,1-2,14-15,17-20,24H2,(H,46,51)(H,47,52). The highest BCUT2D eigenvalue weighted by Gasteiger charge is 2.56. The van der Waals surface area contributed by atoms with Gasteiger partial charge in [-0.05, 0) is 98.9 Å². The van der Waals surface area contributed by atoms with Gasteiger partial charge in [-0.25, -0.2) is 13.6 Å². The summed E-state index contributed by atoms with van der Waals surface area (Å²) in [6.45, 7) is 3.65. The van der Waals surface area contributed by atoms with Gasteiger partial charge in [-0.2, -0.15) is 5.10 Å². The first-order valence-corrected chi connectivity index (χ1v) is 18.8. The quantitative estimate of drug-likeness (QED) is 0.0895. The lowest BCUT2D eigenvalue weighted by molar-refractivity contribution is -0.131. The fourth-order valence-corrected chi connectivity index (χ4v) is 7.55. The van der Waals surface area contributed by atoms with Crippen molar-refractivity contribution in [1.29, 1.82) is 0 Å². The van der Waals surface area contributed by atoms with E-state index in [0.29, 0.717) is 46.6 Å². The molecule has 0 unspecified atom stereocenters. The molecule has 1 saturated carbocycles. The molecule has 3 aromatic carbocycles. The SMILES string of the molecule is O=C(OCCn1cc(-c2cc3nccc(Oc4ccc(NC(=O)C5(C(=O)Nc6ccc(F)cc6)CC5)cc4F)c3s2)cn1)c1ccc(CN2CCCC2)cc1. The van der Waals surface area contributed by atoms with E-state index in [1.54, 1.807) is 23.1 Å². The molecule has 2 N–H and O–H groups in total. The number of benzene rings is 3. The average molecular weight is 763 g/mol. The smallest absolute Gasteiger partial charge is 0.338 e. The van der Waals surface area contributed by atoms with Crippen molar-refractivity contribution in [1.82, 2.24) is 19.7 Å². The zero-order chi connectivity index (χ0) is 37.9. The van der Waals surface area contributed by atoms with E-state index < -0.39 is 28.9 Å². The van der Waals surface area contributed by atoms with E-state index in [9.17, 15) is 18.8 Å². The number of thiophene rings is 1. The van der Waals surface area contributed by atoms with Gasteiger partial charge >= 0.3 is 5.97 Å². The van der Waals surface area contributed by atoms with Crippen LogP contribution in [0.1, 0.15) is 41.6 Å². The maximum absolute atomic E-state index is 15.3. The van der Waals surface area contributed by atoms with Crippen LogP contribution in [0.25, 0.3) is 20.7 Å². The summed E-state index contributed by atoms with van der Waals surface area (Å²) in [6, 6.07) is 20.4. The van der Waals surface area contributed by atoms with E-state index >= 15 is 4.39 Å². The van der Waals surface area contributed by atoms with E-state index in [4.69, 9.17) is 9.47 Å². The summed E-state index contributed by atoms with van der Waals surface area (Å²) in [7, 11) is 0. The van der Waals surface area contributed by atoms with Crippen molar-refractivity contribution in [3.63, 3.8) is 0 Å². The second-order valence-corrected chi connectivity index (χ2v) is 14.7. The lowest BCUT2D eigenvalue weighted by Crippen LogP contribution is -2.35. The van der Waals surface area contributed by atoms with Crippen molar-refractivity contribution in [2.24, 2.45) is 5.41 Å². The molecule has 14 heteroatoms. The molecule has 8 rings (SSSR count). The zero-order valence-electron chi connectivity index (χ0n) is 29.6. The molecular formula is C41H36F2N6O5S. The van der Waals surface area contributed by atoms with Crippen LogP contribution in [-0.4, -0.2) is 57.1 Å². The van der Waals surface area contributed by atoms with E-state index in [-0.39, 0.29) is 24.0 Å². The van der Waals surface area contributed by atoms with Gasteiger partial charge in [-0.1, -0.05) is 12.1 Å². The van der Waals surface area contributed by atoms with Crippen LogP contribution < -0.4 is 15.4 Å². The molecule has 3 aromatic heterocycles. The third-order valence-corrected chi connectivity index (χ3v) is 11.0. The molecule has 0 radical (unpaired) electrons. The minimum atomic E-state index is -1.29. The summed E-state index contributed by atoms with van der Waals surface area (Å²) < 4.78 is 42.5. The molecule has 0 spiro atoms. The van der Waals surface area contributed by atoms with Crippen molar-refractivity contribution < 1.29 is 32.6 Å². The molecule has 1 saturated heterocycles. The first-order chi connectivity index (χ1) is 26.7. The van der Waals surface area contributed by atoms with E-state index in [2.05, 4.69) is 25.6 Å². The van der Waals surface area contributed by atoms with Gasteiger partial charge in [0.05, 0.1) is 28.5 Å². The number of amides is 2. The van der Waals surface area contributed by atoms with Crippen LogP contribution in [0.15, 0.2) is 97.5 Å². The Morgan fingerprint density at radius 3 is 2.31 bits per heavy atom. The number of aromatic nitrogens is 3. The minimum absolute atomic E-state index is 0.0592. The molecule has 0 bridgehead atoms. The first-order valence-electron chi connectivity index (χ1n) is 18.0. The maximum atomic E-state index is 15.3. The van der Waals surface area contributed by atoms with Gasteiger partial charge in [-0.15, -0.1) is 11.3 Å². The number of likely N-dealkylation sites (tertiary alicyclic amines) is 1. The summed E-state index contributed by atoms with van der Waals surface area (Å²) in [5.41, 5.74) is 2.43. The number of carbonyl (C=O) groups excluding carboxylic acids is 3. The lowest BCUT2D eigenvalue weighted by atomic mass is 10.0. The van der Waals surface area contributed by atoms with Crippen LogP contribution in [0, 0.1) is 17.0 Å². The average Bonchev–Trinajstić information content (AvgIpc) is 3.46. The number of nitrogens with zero attached hydrogens (tertiary/aromatic N) is 4. The molecule has 55 heavy (non-hydrogen) atoms. The number of ether oxygens (including phenoxy) is 2. The Kier molecular flexibility index (Phi) is 10.1. The predicted molar refractivity (Wildman–Crippen MR) is 204 cm³/mol. The van der Waals surface area contributed by atoms with Crippen molar-refractivity contribution >= 4 is 50.7 Å². The molecule has 11 nitrogen and oxygen atoms in total. The van der Waals surface area contributed by atoms with Crippen LogP contribution in [0.4, 0.5) is 20.2 Å². The predicted octanol–water partition coefficient (Wildman–Crippen LogP) is 8.04. The zero-order valence-corrected chi connectivity index (χ0v) is 30.4.